The van der Waals surface area contributed by atoms with Gasteiger partial charge < -0.3 is 9.84 Å². The minimum Gasteiger partial charge on any atom is -0.493 e. The highest BCUT2D eigenvalue weighted by Crippen LogP contribution is 2.47. The van der Waals surface area contributed by atoms with Crippen LogP contribution in [0.4, 0.5) is 0 Å². The van der Waals surface area contributed by atoms with Gasteiger partial charge in [-0.2, -0.15) is 10.2 Å². The number of halogens is 2. The van der Waals surface area contributed by atoms with Gasteiger partial charge in [0.05, 0.1) is 41.1 Å². The topological polar surface area (TPSA) is 79.0 Å². The Labute approximate surface area is 144 Å². The summed E-state index contributed by atoms with van der Waals surface area (Å²) in [4.78, 5) is 8.58. The van der Waals surface area contributed by atoms with E-state index in [1.165, 1.54) is 11.8 Å². The number of rotatable bonds is 3. The Balaban J connectivity index is 2.35. The molecule has 1 aromatic heterocycles. The molecule has 0 spiro atoms. The van der Waals surface area contributed by atoms with E-state index >= 15 is 0 Å². The number of hydrogen-bond donors (Lipinski definition) is 1. The second-order valence-corrected chi connectivity index (χ2v) is 7.07. The molecule has 5 nitrogen and oxygen atoms in total. The number of nitrogens with zero attached hydrogens (tertiary/aromatic N) is 3. The third-order valence-corrected chi connectivity index (χ3v) is 5.63. The van der Waals surface area contributed by atoms with E-state index in [0.29, 0.717) is 32.2 Å². The van der Waals surface area contributed by atoms with E-state index in [1.54, 1.807) is 0 Å². The molecule has 1 aromatic carbocycles. The van der Waals surface area contributed by atoms with Gasteiger partial charge in [0.25, 0.3) is 0 Å². The van der Waals surface area contributed by atoms with Gasteiger partial charge in [0.15, 0.2) is 5.16 Å². The van der Waals surface area contributed by atoms with E-state index in [0.717, 1.165) is 16.9 Å². The van der Waals surface area contributed by atoms with Gasteiger partial charge >= 0.3 is 0 Å². The largest absolute Gasteiger partial charge is 0.493 e. The quantitative estimate of drug-likeness (QED) is 0.609. The predicted octanol–water partition coefficient (Wildman–Crippen LogP) is 4.35. The van der Waals surface area contributed by atoms with Crippen LogP contribution in [0.3, 0.4) is 0 Å². The first-order valence-electron chi connectivity index (χ1n) is 6.60. The van der Waals surface area contributed by atoms with Crippen molar-refractivity contribution in [3.8, 4) is 11.9 Å². The lowest BCUT2D eigenvalue weighted by Gasteiger charge is -2.14. The zero-order valence-electron chi connectivity index (χ0n) is 11.6. The van der Waals surface area contributed by atoms with Gasteiger partial charge in [-0.3, -0.25) is 0 Å². The molecule has 0 radical (unpaired) electrons. The van der Waals surface area contributed by atoms with Gasteiger partial charge in [0.1, 0.15) is 0 Å². The maximum Gasteiger partial charge on any atom is 0.223 e. The van der Waals surface area contributed by atoms with Crippen LogP contribution in [0.1, 0.15) is 30.6 Å². The lowest BCUT2D eigenvalue weighted by Crippen LogP contribution is -2.00. The van der Waals surface area contributed by atoms with Crippen LogP contribution in [0.2, 0.25) is 5.02 Å². The Bertz CT molecular complexity index is 809. The third kappa shape index (κ3) is 2.44. The number of nitriles is 1. The van der Waals surface area contributed by atoms with E-state index in [2.05, 4.69) is 32.0 Å². The first-order chi connectivity index (χ1) is 10.6. The molecule has 0 saturated heterocycles. The summed E-state index contributed by atoms with van der Waals surface area (Å²) in [6, 6.07) is 2.10. The van der Waals surface area contributed by atoms with E-state index in [9.17, 15) is 5.11 Å². The first kappa shape index (κ1) is 15.8. The van der Waals surface area contributed by atoms with Crippen molar-refractivity contribution < 1.29 is 9.84 Å². The average molecular weight is 401 g/mol. The van der Waals surface area contributed by atoms with Gasteiger partial charge in [-0.05, 0) is 21.7 Å². The molecule has 2 heterocycles. The molecule has 0 saturated carbocycles. The van der Waals surface area contributed by atoms with Crippen molar-refractivity contribution >= 4 is 50.2 Å². The second kappa shape index (κ2) is 6.20. The fourth-order valence-electron chi connectivity index (χ4n) is 2.54. The summed E-state index contributed by atoms with van der Waals surface area (Å²) in [5.41, 5.74) is 2.06. The highest BCUT2D eigenvalue weighted by Gasteiger charge is 2.32. The molecule has 1 unspecified atom stereocenters. The van der Waals surface area contributed by atoms with Gasteiger partial charge in [-0.25, -0.2) is 4.98 Å². The third-order valence-electron chi connectivity index (χ3n) is 3.43. The molecule has 0 aliphatic carbocycles. The number of thioether (sulfide) groups is 1. The van der Waals surface area contributed by atoms with Crippen molar-refractivity contribution in [2.24, 2.45) is 0 Å². The van der Waals surface area contributed by atoms with Crippen LogP contribution in [-0.2, 0) is 11.3 Å². The molecule has 1 aliphatic rings. The zero-order chi connectivity index (χ0) is 15.9. The number of ether oxygens (including phenoxy) is 1. The summed E-state index contributed by atoms with van der Waals surface area (Å²) in [7, 11) is 0. The average Bonchev–Trinajstić information content (AvgIpc) is 2.89. The molecular formula is C14H11BrClN3O2S. The van der Waals surface area contributed by atoms with Crippen LogP contribution >= 0.6 is 39.3 Å². The summed E-state index contributed by atoms with van der Waals surface area (Å²) in [5, 5.41) is 20.7. The number of fused-ring (bicyclic) bond motifs is 3. The summed E-state index contributed by atoms with van der Waals surface area (Å²) in [6.07, 6.45) is -0.212. The molecule has 0 bridgehead atoms. The molecule has 1 atom stereocenters. The minimum atomic E-state index is -0.407. The zero-order valence-corrected chi connectivity index (χ0v) is 14.7. The normalized spacial score (nSPS) is 16.7. The highest BCUT2D eigenvalue weighted by molar-refractivity contribution is 9.10. The molecule has 0 fully saturated rings. The number of aromatic hydroxyl groups is 1. The summed E-state index contributed by atoms with van der Waals surface area (Å²) < 4.78 is 6.35. The van der Waals surface area contributed by atoms with Gasteiger partial charge in [-0.1, -0.05) is 30.3 Å². The van der Waals surface area contributed by atoms with E-state index < -0.39 is 6.10 Å². The lowest BCUT2D eigenvalue weighted by atomic mass is 9.98. The number of aromatic nitrogens is 2. The monoisotopic (exact) mass is 399 g/mol. The fraction of sp³-hybridized carbons (Fsp3) is 0.357. The Hall–Kier alpha value is -1.07. The standard InChI is InChI=1S/C14H11BrClN3O2S/c1-2-22-14-18-12-9(13(20)19-14)8-6(10(15)11(12)16)5-21-7(8)3-4-17/h7H,2-3,5H2,1H3,(H,18,19,20). The molecule has 1 aliphatic heterocycles. The minimum absolute atomic E-state index is 0.125. The van der Waals surface area contributed by atoms with Crippen LogP contribution < -0.4 is 0 Å². The summed E-state index contributed by atoms with van der Waals surface area (Å²) >= 11 is 11.3. The maximum atomic E-state index is 10.4. The van der Waals surface area contributed by atoms with Crippen molar-refractivity contribution in [2.75, 3.05) is 5.75 Å². The Morgan fingerprint density at radius 2 is 2.32 bits per heavy atom. The molecule has 2 aromatic rings. The van der Waals surface area contributed by atoms with Gasteiger partial charge in [-0.15, -0.1) is 0 Å². The Kier molecular flexibility index (Phi) is 4.46. The molecule has 8 heteroatoms. The maximum absolute atomic E-state index is 10.4. The molecule has 0 amide bonds. The van der Waals surface area contributed by atoms with Crippen LogP contribution in [0.5, 0.6) is 5.88 Å². The van der Waals surface area contributed by atoms with E-state index in [1.807, 2.05) is 6.92 Å². The van der Waals surface area contributed by atoms with Crippen molar-refractivity contribution in [3.63, 3.8) is 0 Å². The molecule has 3 rings (SSSR count). The van der Waals surface area contributed by atoms with E-state index in [-0.39, 0.29) is 12.3 Å². The first-order valence-corrected chi connectivity index (χ1v) is 8.75. The van der Waals surface area contributed by atoms with Crippen LogP contribution in [-0.4, -0.2) is 20.8 Å². The summed E-state index contributed by atoms with van der Waals surface area (Å²) in [5.74, 6) is 0.662. The number of hydrogen-bond acceptors (Lipinski definition) is 6. The molecule has 22 heavy (non-hydrogen) atoms. The lowest BCUT2D eigenvalue weighted by molar-refractivity contribution is 0.0699. The van der Waals surface area contributed by atoms with Crippen molar-refractivity contribution in [2.45, 2.75) is 31.2 Å². The SMILES string of the molecule is CCSc1nc(O)c2c3c(c(Br)c(Cl)c2n1)COC3CC#N. The predicted molar refractivity (Wildman–Crippen MR) is 88.1 cm³/mol. The Morgan fingerprint density at radius 1 is 1.55 bits per heavy atom. The van der Waals surface area contributed by atoms with Crippen LogP contribution in [0.25, 0.3) is 10.9 Å². The molecular weight excluding hydrogens is 390 g/mol. The van der Waals surface area contributed by atoms with Crippen LogP contribution in [0.15, 0.2) is 9.63 Å². The second-order valence-electron chi connectivity index (χ2n) is 4.67. The fourth-order valence-corrected chi connectivity index (χ4v) is 3.87. The molecule has 114 valence electrons. The van der Waals surface area contributed by atoms with Crippen LogP contribution in [0, 0.1) is 11.3 Å². The molecule has 1 N–H and O–H groups in total. The highest BCUT2D eigenvalue weighted by atomic mass is 79.9. The van der Waals surface area contributed by atoms with E-state index in [4.69, 9.17) is 21.6 Å². The smallest absolute Gasteiger partial charge is 0.223 e. The summed E-state index contributed by atoms with van der Waals surface area (Å²) in [6.45, 7) is 2.31. The number of benzene rings is 1. The van der Waals surface area contributed by atoms with Crippen molar-refractivity contribution in [1.29, 1.82) is 5.26 Å². The van der Waals surface area contributed by atoms with Crippen molar-refractivity contribution in [3.05, 3.63) is 20.6 Å². The Morgan fingerprint density at radius 3 is 3.00 bits per heavy atom. The van der Waals surface area contributed by atoms with Gasteiger partial charge in [0.2, 0.25) is 5.88 Å². The van der Waals surface area contributed by atoms with Gasteiger partial charge in [0, 0.05) is 15.6 Å². The van der Waals surface area contributed by atoms with Crippen molar-refractivity contribution in [1.82, 2.24) is 9.97 Å².